The van der Waals surface area contributed by atoms with E-state index >= 15 is 0 Å². The van der Waals surface area contributed by atoms with Gasteiger partial charge in [-0.2, -0.15) is 0 Å². The van der Waals surface area contributed by atoms with Crippen molar-refractivity contribution in [1.29, 1.82) is 0 Å². The first-order valence-corrected chi connectivity index (χ1v) is 11.1. The summed E-state index contributed by atoms with van der Waals surface area (Å²) in [6.07, 6.45) is -0.749. The molecule has 0 aliphatic carbocycles. The minimum atomic E-state index is -0.749. The fourth-order valence-corrected chi connectivity index (χ4v) is 5.15. The monoisotopic (exact) mass is 484 g/mol. The highest BCUT2D eigenvalue weighted by Gasteiger charge is 2.39. The van der Waals surface area contributed by atoms with Crippen molar-refractivity contribution < 1.29 is 40.5 Å². The van der Waals surface area contributed by atoms with Crippen molar-refractivity contribution in [1.82, 2.24) is 0 Å². The Hall–Kier alpha value is -4.98. The summed E-state index contributed by atoms with van der Waals surface area (Å²) in [5.41, 5.74) is 1.69. The third-order valence-electron chi connectivity index (χ3n) is 6.67. The molecule has 0 bridgehead atoms. The molecule has 5 aromatic carbocycles. The lowest BCUT2D eigenvalue weighted by atomic mass is 9.82. The maximum atomic E-state index is 11.0. The summed E-state index contributed by atoms with van der Waals surface area (Å²) in [4.78, 5) is 0. The van der Waals surface area contributed by atoms with Gasteiger partial charge in [0, 0.05) is 23.1 Å². The Kier molecular flexibility index (Phi) is 4.49. The number of hydrogen-bond acceptors (Lipinski definition) is 8. The number of ether oxygens (including phenoxy) is 1. The van der Waals surface area contributed by atoms with E-state index in [1.165, 1.54) is 48.5 Å². The number of fused-ring (bicyclic) bond motifs is 5. The first-order valence-electron chi connectivity index (χ1n) is 11.1. The van der Waals surface area contributed by atoms with E-state index < -0.39 is 12.0 Å². The van der Waals surface area contributed by atoms with Crippen molar-refractivity contribution >= 4 is 21.5 Å². The van der Waals surface area contributed by atoms with E-state index in [1.54, 1.807) is 18.2 Å². The van der Waals surface area contributed by atoms with E-state index in [0.717, 1.165) is 0 Å². The minimum Gasteiger partial charge on any atom is -0.508 e. The van der Waals surface area contributed by atoms with Crippen molar-refractivity contribution in [3.05, 3.63) is 83.4 Å². The molecule has 0 saturated heterocycles. The van der Waals surface area contributed by atoms with Gasteiger partial charge in [0.2, 0.25) is 0 Å². The molecule has 8 heteroatoms. The molecule has 0 unspecified atom stereocenters. The van der Waals surface area contributed by atoms with Gasteiger partial charge >= 0.3 is 0 Å². The second-order valence-electron chi connectivity index (χ2n) is 8.90. The molecule has 1 aliphatic rings. The number of rotatable bonds is 2. The quantitative estimate of drug-likeness (QED) is 0.133. The summed E-state index contributed by atoms with van der Waals surface area (Å²) in [6.45, 7) is 0. The van der Waals surface area contributed by atoms with Gasteiger partial charge in [-0.3, -0.25) is 0 Å². The predicted molar refractivity (Wildman–Crippen MR) is 131 cm³/mol. The van der Waals surface area contributed by atoms with Crippen LogP contribution in [0, 0.1) is 0 Å². The highest BCUT2D eigenvalue weighted by molar-refractivity contribution is 6.13. The van der Waals surface area contributed by atoms with Crippen LogP contribution >= 0.6 is 0 Å². The lowest BCUT2D eigenvalue weighted by Crippen LogP contribution is -2.11. The lowest BCUT2D eigenvalue weighted by molar-refractivity contribution is 0.221. The zero-order chi connectivity index (χ0) is 25.3. The summed E-state index contributed by atoms with van der Waals surface area (Å²) in [5, 5.41) is 73.6. The fraction of sp³-hybridized carbons (Fsp3) is 0.0714. The normalized spacial score (nSPS) is 16.8. The number of hydrogen-bond donors (Lipinski definition) is 7. The van der Waals surface area contributed by atoms with Crippen LogP contribution < -0.4 is 4.74 Å². The van der Waals surface area contributed by atoms with E-state index in [9.17, 15) is 35.7 Å². The van der Waals surface area contributed by atoms with Gasteiger partial charge in [-0.1, -0.05) is 18.2 Å². The average molecular weight is 484 g/mol. The Morgan fingerprint density at radius 1 is 0.528 bits per heavy atom. The molecule has 2 atom stereocenters. The predicted octanol–water partition coefficient (Wildman–Crippen LogP) is 5.20. The van der Waals surface area contributed by atoms with E-state index in [0.29, 0.717) is 44.0 Å². The number of phenols is 7. The Balaban J connectivity index is 1.68. The second-order valence-corrected chi connectivity index (χ2v) is 8.90. The summed E-state index contributed by atoms with van der Waals surface area (Å²) < 4.78 is 6.27. The Labute approximate surface area is 203 Å². The highest BCUT2D eigenvalue weighted by atomic mass is 16.5. The number of phenolic OH excluding ortho intramolecular Hbond substituents is 7. The average Bonchev–Trinajstić information content (AvgIpc) is 3.20. The Morgan fingerprint density at radius 3 is 1.94 bits per heavy atom. The molecule has 5 aromatic rings. The van der Waals surface area contributed by atoms with Gasteiger partial charge < -0.3 is 40.5 Å². The molecule has 1 heterocycles. The second kappa shape index (κ2) is 7.51. The lowest BCUT2D eigenvalue weighted by Gasteiger charge is -2.21. The third-order valence-corrected chi connectivity index (χ3v) is 6.67. The molecule has 0 spiro atoms. The van der Waals surface area contributed by atoms with Crippen LogP contribution in [-0.4, -0.2) is 35.7 Å². The molecule has 0 amide bonds. The molecule has 180 valence electrons. The molecule has 0 saturated carbocycles. The molecule has 1 aliphatic heterocycles. The van der Waals surface area contributed by atoms with Gasteiger partial charge in [0.15, 0.2) is 23.0 Å². The largest absolute Gasteiger partial charge is 0.508 e. The first kappa shape index (κ1) is 21.5. The van der Waals surface area contributed by atoms with E-state index in [4.69, 9.17) is 4.74 Å². The number of benzene rings is 5. The smallest absolute Gasteiger partial charge is 0.158 e. The summed E-state index contributed by atoms with van der Waals surface area (Å²) in [7, 11) is 0. The molecule has 6 rings (SSSR count). The maximum Gasteiger partial charge on any atom is 0.158 e. The first-order chi connectivity index (χ1) is 17.2. The van der Waals surface area contributed by atoms with Gasteiger partial charge in [0.1, 0.15) is 29.1 Å². The van der Waals surface area contributed by atoms with Crippen LogP contribution in [0.2, 0.25) is 0 Å². The molecular weight excluding hydrogens is 464 g/mol. The van der Waals surface area contributed by atoms with Crippen LogP contribution in [0.4, 0.5) is 0 Å². The van der Waals surface area contributed by atoms with Crippen LogP contribution in [0.25, 0.3) is 21.5 Å². The van der Waals surface area contributed by atoms with Crippen LogP contribution in [0.5, 0.6) is 46.0 Å². The fourth-order valence-electron chi connectivity index (χ4n) is 5.15. The van der Waals surface area contributed by atoms with Gasteiger partial charge in [-0.25, -0.2) is 0 Å². The van der Waals surface area contributed by atoms with Crippen molar-refractivity contribution in [2.75, 3.05) is 0 Å². The summed E-state index contributed by atoms with van der Waals surface area (Å²) in [5.74, 6) is -1.91. The third kappa shape index (κ3) is 3.15. The summed E-state index contributed by atoms with van der Waals surface area (Å²) in [6, 6.07) is 16.3. The number of aromatic hydroxyl groups is 7. The Bertz CT molecular complexity index is 1690. The molecule has 0 fully saturated rings. The van der Waals surface area contributed by atoms with Crippen molar-refractivity contribution in [3.8, 4) is 46.0 Å². The van der Waals surface area contributed by atoms with E-state index in [2.05, 4.69) is 0 Å². The SMILES string of the molecule is Oc1cc(O)cc([C@@H]2c3c(cc(O)c4c3ccc3cc(O)c(O)cc34)O[C@H]2c2ccc(O)c(O)c2)c1. The van der Waals surface area contributed by atoms with Gasteiger partial charge in [0.05, 0.1) is 5.92 Å². The van der Waals surface area contributed by atoms with E-state index in [1.807, 2.05) is 0 Å². The zero-order valence-electron chi connectivity index (χ0n) is 18.5. The Morgan fingerprint density at radius 2 is 1.22 bits per heavy atom. The molecule has 7 N–H and O–H groups in total. The van der Waals surface area contributed by atoms with Crippen LogP contribution in [0.1, 0.15) is 28.7 Å². The van der Waals surface area contributed by atoms with Crippen molar-refractivity contribution in [2.45, 2.75) is 12.0 Å². The van der Waals surface area contributed by atoms with Crippen molar-refractivity contribution in [2.24, 2.45) is 0 Å². The zero-order valence-corrected chi connectivity index (χ0v) is 18.5. The van der Waals surface area contributed by atoms with Crippen LogP contribution in [-0.2, 0) is 0 Å². The standard InChI is InChI=1S/C28H20O8/c29-15-5-14(6-16(30)9-15)25-27-17-3-1-12-7-21(33)22(34)10-18(12)26(17)23(35)11-24(27)36-28(25)13-2-4-19(31)20(32)8-13/h1-11,25,28-35H/t25-,28+/m1/s1. The van der Waals surface area contributed by atoms with Crippen molar-refractivity contribution in [3.63, 3.8) is 0 Å². The summed E-state index contributed by atoms with van der Waals surface area (Å²) >= 11 is 0. The topological polar surface area (TPSA) is 151 Å². The van der Waals surface area contributed by atoms with E-state index in [-0.39, 0.29) is 40.2 Å². The molecule has 36 heavy (non-hydrogen) atoms. The molecule has 0 radical (unpaired) electrons. The minimum absolute atomic E-state index is 0.105. The van der Waals surface area contributed by atoms with Gasteiger partial charge in [0.25, 0.3) is 0 Å². The highest BCUT2D eigenvalue weighted by Crippen LogP contribution is 2.56. The van der Waals surface area contributed by atoms with Crippen LogP contribution in [0.15, 0.2) is 66.7 Å². The molecular formula is C28H20O8. The molecule has 0 aromatic heterocycles. The molecule has 8 nitrogen and oxygen atoms in total. The maximum absolute atomic E-state index is 11.0. The van der Waals surface area contributed by atoms with Gasteiger partial charge in [-0.15, -0.1) is 0 Å². The van der Waals surface area contributed by atoms with Gasteiger partial charge in [-0.05, 0) is 63.7 Å². The van der Waals surface area contributed by atoms with Crippen LogP contribution in [0.3, 0.4) is 0 Å².